The molecule has 1 rings (SSSR count). The fourth-order valence-corrected chi connectivity index (χ4v) is 1.76. The van der Waals surface area contributed by atoms with E-state index in [1.54, 1.807) is 4.90 Å². The smallest absolute Gasteiger partial charge is 0.236 e. The normalized spacial score (nSPS) is 19.4. The summed E-state index contributed by atoms with van der Waals surface area (Å²) in [5.41, 5.74) is 0. The number of hydrogen-bond acceptors (Lipinski definition) is 2. The zero-order valence-corrected chi connectivity index (χ0v) is 12.9. The van der Waals surface area contributed by atoms with Gasteiger partial charge in [-0.1, -0.05) is 34.6 Å². The second-order valence-corrected chi connectivity index (χ2v) is 4.27. The summed E-state index contributed by atoms with van der Waals surface area (Å²) in [6, 6.07) is 0. The van der Waals surface area contributed by atoms with Crippen molar-refractivity contribution in [2.75, 3.05) is 33.7 Å². The zero-order valence-electron chi connectivity index (χ0n) is 12.9. The van der Waals surface area contributed by atoms with Gasteiger partial charge in [-0.3, -0.25) is 9.69 Å². The number of hydrogen-bond donors (Lipinski definition) is 0. The highest BCUT2D eigenvalue weighted by Crippen LogP contribution is 2.14. The predicted octanol–water partition coefficient (Wildman–Crippen LogP) is 2.86. The molecule has 1 saturated heterocycles. The minimum atomic E-state index is 0.217. The van der Waals surface area contributed by atoms with Crippen molar-refractivity contribution >= 4 is 5.91 Å². The average molecular weight is 244 g/mol. The summed E-state index contributed by atoms with van der Waals surface area (Å²) < 4.78 is 0. The van der Waals surface area contributed by atoms with Crippen molar-refractivity contribution in [1.29, 1.82) is 0 Å². The van der Waals surface area contributed by atoms with E-state index in [0.29, 0.717) is 6.54 Å². The third-order valence-corrected chi connectivity index (χ3v) is 2.60. The van der Waals surface area contributed by atoms with Gasteiger partial charge in [-0.15, -0.1) is 0 Å². The first kappa shape index (κ1) is 18.8. The van der Waals surface area contributed by atoms with Crippen LogP contribution in [-0.4, -0.2) is 49.4 Å². The quantitative estimate of drug-likeness (QED) is 0.746. The Morgan fingerprint density at radius 1 is 1.24 bits per heavy atom. The topological polar surface area (TPSA) is 23.6 Å². The van der Waals surface area contributed by atoms with Crippen LogP contribution in [0.2, 0.25) is 0 Å². The fourth-order valence-electron chi connectivity index (χ4n) is 1.76. The third-order valence-electron chi connectivity index (χ3n) is 2.60. The van der Waals surface area contributed by atoms with Crippen LogP contribution in [0.4, 0.5) is 0 Å². The predicted molar refractivity (Wildman–Crippen MR) is 76.2 cm³/mol. The Bertz CT molecular complexity index is 181. The molecule has 1 amide bonds. The first-order valence-electron chi connectivity index (χ1n) is 7.02. The van der Waals surface area contributed by atoms with Crippen molar-refractivity contribution in [2.24, 2.45) is 5.92 Å². The first-order valence-corrected chi connectivity index (χ1v) is 7.02. The van der Waals surface area contributed by atoms with E-state index in [1.807, 2.05) is 41.8 Å². The number of amides is 1. The lowest BCUT2D eigenvalue weighted by Gasteiger charge is -2.30. The third kappa shape index (κ3) is 9.16. The Labute approximate surface area is 108 Å². The number of piperidine rings is 1. The molecular formula is C14H32N2O. The van der Waals surface area contributed by atoms with Crippen molar-refractivity contribution in [3.63, 3.8) is 0 Å². The summed E-state index contributed by atoms with van der Waals surface area (Å²) in [5, 5.41) is 0. The molecule has 1 atom stereocenters. The van der Waals surface area contributed by atoms with E-state index < -0.39 is 0 Å². The maximum Gasteiger partial charge on any atom is 0.236 e. The van der Waals surface area contributed by atoms with E-state index in [-0.39, 0.29) is 5.91 Å². The summed E-state index contributed by atoms with van der Waals surface area (Å²) in [5.74, 6) is 0.970. The molecule has 0 aromatic rings. The maximum absolute atomic E-state index is 11.4. The van der Waals surface area contributed by atoms with Gasteiger partial charge in [0, 0.05) is 20.6 Å². The SMILES string of the molecule is CC.CC.CC1CCCN(CC(=O)N(C)C)C1. The minimum absolute atomic E-state index is 0.217. The lowest BCUT2D eigenvalue weighted by molar-refractivity contribution is -0.130. The van der Waals surface area contributed by atoms with Crippen LogP contribution in [0.5, 0.6) is 0 Å². The van der Waals surface area contributed by atoms with E-state index >= 15 is 0 Å². The van der Waals surface area contributed by atoms with E-state index in [2.05, 4.69) is 11.8 Å². The molecule has 0 aromatic carbocycles. The lowest BCUT2D eigenvalue weighted by atomic mass is 10.0. The van der Waals surface area contributed by atoms with Gasteiger partial charge in [0.05, 0.1) is 6.54 Å². The molecule has 17 heavy (non-hydrogen) atoms. The van der Waals surface area contributed by atoms with Crippen LogP contribution in [0.3, 0.4) is 0 Å². The molecule has 3 heteroatoms. The first-order chi connectivity index (χ1) is 8.09. The van der Waals surface area contributed by atoms with Gasteiger partial charge < -0.3 is 4.90 Å². The molecule has 104 valence electrons. The summed E-state index contributed by atoms with van der Waals surface area (Å²) in [6.07, 6.45) is 2.55. The van der Waals surface area contributed by atoms with E-state index in [4.69, 9.17) is 0 Å². The Balaban J connectivity index is 0. The number of likely N-dealkylation sites (N-methyl/N-ethyl adjacent to an activating group) is 1. The van der Waals surface area contributed by atoms with Crippen LogP contribution in [0.25, 0.3) is 0 Å². The van der Waals surface area contributed by atoms with Gasteiger partial charge in [0.1, 0.15) is 0 Å². The van der Waals surface area contributed by atoms with Gasteiger partial charge in [0.15, 0.2) is 0 Å². The summed E-state index contributed by atoms with van der Waals surface area (Å²) in [7, 11) is 3.63. The molecule has 1 fully saturated rings. The Hall–Kier alpha value is -0.570. The zero-order chi connectivity index (χ0) is 13.8. The largest absolute Gasteiger partial charge is 0.348 e. The summed E-state index contributed by atoms with van der Waals surface area (Å²) in [6.45, 7) is 13.0. The van der Waals surface area contributed by atoms with Crippen molar-refractivity contribution in [2.45, 2.75) is 47.5 Å². The fraction of sp³-hybridized carbons (Fsp3) is 0.929. The van der Waals surface area contributed by atoms with Crippen molar-refractivity contribution in [1.82, 2.24) is 9.80 Å². The monoisotopic (exact) mass is 244 g/mol. The molecule has 1 aliphatic rings. The highest BCUT2D eigenvalue weighted by molar-refractivity contribution is 5.77. The van der Waals surface area contributed by atoms with E-state index in [0.717, 1.165) is 19.0 Å². The lowest BCUT2D eigenvalue weighted by Crippen LogP contribution is -2.41. The Morgan fingerprint density at radius 3 is 2.18 bits per heavy atom. The van der Waals surface area contributed by atoms with E-state index in [1.165, 1.54) is 12.8 Å². The molecular weight excluding hydrogens is 212 g/mol. The van der Waals surface area contributed by atoms with Crippen molar-refractivity contribution in [3.8, 4) is 0 Å². The molecule has 1 unspecified atom stereocenters. The number of carbonyl (C=O) groups excluding carboxylic acids is 1. The maximum atomic E-state index is 11.4. The summed E-state index contributed by atoms with van der Waals surface area (Å²) in [4.78, 5) is 15.3. The van der Waals surface area contributed by atoms with Gasteiger partial charge in [0.2, 0.25) is 5.91 Å². The van der Waals surface area contributed by atoms with Crippen LogP contribution >= 0.6 is 0 Å². The number of nitrogens with zero attached hydrogens (tertiary/aromatic N) is 2. The molecule has 3 nitrogen and oxygen atoms in total. The van der Waals surface area contributed by atoms with Gasteiger partial charge in [0.25, 0.3) is 0 Å². The van der Waals surface area contributed by atoms with Crippen LogP contribution in [0, 0.1) is 5.92 Å². The molecule has 0 radical (unpaired) electrons. The molecule has 0 aliphatic carbocycles. The standard InChI is InChI=1S/C10H20N2O.2C2H6/c1-9-5-4-6-12(7-9)8-10(13)11(2)3;2*1-2/h9H,4-8H2,1-3H3;2*1-2H3. The Kier molecular flexibility index (Phi) is 13.2. The second-order valence-electron chi connectivity index (χ2n) is 4.27. The molecule has 0 bridgehead atoms. The molecule has 0 N–H and O–H groups in total. The molecule has 1 aliphatic heterocycles. The van der Waals surface area contributed by atoms with Gasteiger partial charge >= 0.3 is 0 Å². The second kappa shape index (κ2) is 11.9. The minimum Gasteiger partial charge on any atom is -0.348 e. The van der Waals surface area contributed by atoms with Gasteiger partial charge in [-0.05, 0) is 25.3 Å². The Morgan fingerprint density at radius 2 is 1.76 bits per heavy atom. The number of rotatable bonds is 2. The van der Waals surface area contributed by atoms with Crippen LogP contribution in [0.1, 0.15) is 47.5 Å². The van der Waals surface area contributed by atoms with E-state index in [9.17, 15) is 4.79 Å². The van der Waals surface area contributed by atoms with Crippen LogP contribution in [0.15, 0.2) is 0 Å². The summed E-state index contributed by atoms with van der Waals surface area (Å²) >= 11 is 0. The molecule has 0 saturated carbocycles. The van der Waals surface area contributed by atoms with Crippen LogP contribution < -0.4 is 0 Å². The van der Waals surface area contributed by atoms with Crippen molar-refractivity contribution < 1.29 is 4.79 Å². The van der Waals surface area contributed by atoms with Crippen molar-refractivity contribution in [3.05, 3.63) is 0 Å². The van der Waals surface area contributed by atoms with Gasteiger partial charge in [-0.25, -0.2) is 0 Å². The molecule has 0 aromatic heterocycles. The molecule has 1 heterocycles. The highest BCUT2D eigenvalue weighted by atomic mass is 16.2. The average Bonchev–Trinajstić information content (AvgIpc) is 2.34. The number of carbonyl (C=O) groups is 1. The number of likely N-dealkylation sites (tertiary alicyclic amines) is 1. The highest BCUT2D eigenvalue weighted by Gasteiger charge is 2.18. The van der Waals surface area contributed by atoms with Gasteiger partial charge in [-0.2, -0.15) is 0 Å². The molecule has 0 spiro atoms. The van der Waals surface area contributed by atoms with Crippen LogP contribution in [-0.2, 0) is 4.79 Å².